The molecule has 9 heteroatoms. The number of methoxy groups -OCH3 is 2. The van der Waals surface area contributed by atoms with E-state index in [-0.39, 0.29) is 22.8 Å². The normalized spacial score (nSPS) is 11.3. The van der Waals surface area contributed by atoms with Gasteiger partial charge in [-0.3, -0.25) is 0 Å². The Bertz CT molecular complexity index is 708. The van der Waals surface area contributed by atoms with Crippen LogP contribution in [-0.4, -0.2) is 30.5 Å². The van der Waals surface area contributed by atoms with Gasteiger partial charge in [-0.15, -0.1) is 0 Å². The van der Waals surface area contributed by atoms with Gasteiger partial charge in [0.15, 0.2) is 23.0 Å². The summed E-state index contributed by atoms with van der Waals surface area (Å²) >= 11 is 0. The molecule has 0 aliphatic rings. The van der Waals surface area contributed by atoms with Gasteiger partial charge in [-0.1, -0.05) is 5.16 Å². The van der Waals surface area contributed by atoms with Gasteiger partial charge in [0.05, 0.1) is 19.8 Å². The fourth-order valence-electron chi connectivity index (χ4n) is 1.89. The first-order chi connectivity index (χ1) is 10.3. The average molecular weight is 317 g/mol. The first kappa shape index (κ1) is 15.7. The van der Waals surface area contributed by atoms with Gasteiger partial charge in [0.25, 0.3) is 0 Å². The van der Waals surface area contributed by atoms with E-state index in [2.05, 4.69) is 5.16 Å². The highest BCUT2D eigenvalue weighted by molar-refractivity contribution is 5.87. The monoisotopic (exact) mass is 317 g/mol. The zero-order valence-electron chi connectivity index (χ0n) is 11.4. The van der Waals surface area contributed by atoms with E-state index in [1.54, 1.807) is 0 Å². The Hall–Kier alpha value is -2.71. The van der Waals surface area contributed by atoms with E-state index in [4.69, 9.17) is 19.1 Å². The molecule has 0 radical (unpaired) electrons. The van der Waals surface area contributed by atoms with Gasteiger partial charge in [-0.05, 0) is 12.1 Å². The second kappa shape index (κ2) is 5.58. The molecule has 1 heterocycles. The van der Waals surface area contributed by atoms with Crippen molar-refractivity contribution in [3.05, 3.63) is 29.5 Å². The van der Waals surface area contributed by atoms with Gasteiger partial charge in [-0.2, -0.15) is 13.2 Å². The summed E-state index contributed by atoms with van der Waals surface area (Å²) in [4.78, 5) is 10.8. The third kappa shape index (κ3) is 2.69. The molecule has 0 amide bonds. The Morgan fingerprint density at radius 2 is 1.86 bits per heavy atom. The molecule has 0 spiro atoms. The molecule has 1 aromatic heterocycles. The number of carboxylic acids is 1. The van der Waals surface area contributed by atoms with E-state index in [1.807, 2.05) is 0 Å². The van der Waals surface area contributed by atoms with Gasteiger partial charge >= 0.3 is 12.1 Å². The lowest BCUT2D eigenvalue weighted by atomic mass is 10.1. The number of aromatic nitrogens is 1. The molecule has 0 fully saturated rings. The molecule has 0 bridgehead atoms. The third-order valence-corrected chi connectivity index (χ3v) is 2.82. The Balaban J connectivity index is 2.64. The maximum Gasteiger partial charge on any atom is 0.420 e. The van der Waals surface area contributed by atoms with Crippen molar-refractivity contribution in [2.24, 2.45) is 0 Å². The average Bonchev–Trinajstić information content (AvgIpc) is 2.94. The van der Waals surface area contributed by atoms with Gasteiger partial charge in [0, 0.05) is 6.07 Å². The standard InChI is InChI=1S/C13H10F3NO5/c1-20-10-6(9-5-8(12(18)19)17-22-9)3-4-7(11(10)21-2)13(14,15)16/h3-5H,1-2H3,(H,18,19). The Morgan fingerprint density at radius 3 is 2.32 bits per heavy atom. The van der Waals surface area contributed by atoms with Crippen LogP contribution in [0.15, 0.2) is 22.7 Å². The molecule has 2 aromatic rings. The van der Waals surface area contributed by atoms with E-state index in [9.17, 15) is 18.0 Å². The smallest absolute Gasteiger partial charge is 0.420 e. The molecule has 6 nitrogen and oxygen atoms in total. The summed E-state index contributed by atoms with van der Waals surface area (Å²) in [6.45, 7) is 0. The zero-order valence-corrected chi connectivity index (χ0v) is 11.4. The summed E-state index contributed by atoms with van der Waals surface area (Å²) in [6, 6.07) is 2.96. The summed E-state index contributed by atoms with van der Waals surface area (Å²) in [5.74, 6) is -2.14. The van der Waals surface area contributed by atoms with Gasteiger partial charge in [0.1, 0.15) is 5.56 Å². The lowest BCUT2D eigenvalue weighted by molar-refractivity contribution is -0.138. The molecule has 0 saturated carbocycles. The minimum atomic E-state index is -4.63. The number of hydrogen-bond acceptors (Lipinski definition) is 5. The molecular weight excluding hydrogens is 307 g/mol. The van der Waals surface area contributed by atoms with E-state index >= 15 is 0 Å². The minimum Gasteiger partial charge on any atom is -0.492 e. The fourth-order valence-corrected chi connectivity index (χ4v) is 1.89. The summed E-state index contributed by atoms with van der Waals surface area (Å²) in [5, 5.41) is 12.1. The molecular formula is C13H10F3NO5. The molecule has 2 rings (SSSR count). The van der Waals surface area contributed by atoms with Crippen LogP contribution in [0, 0.1) is 0 Å². The second-order valence-corrected chi connectivity index (χ2v) is 4.11. The number of nitrogens with zero attached hydrogens (tertiary/aromatic N) is 1. The van der Waals surface area contributed by atoms with Crippen molar-refractivity contribution in [2.45, 2.75) is 6.18 Å². The summed E-state index contributed by atoms with van der Waals surface area (Å²) in [6.07, 6.45) is -4.63. The SMILES string of the molecule is COc1c(-c2cc(C(=O)O)no2)ccc(C(F)(F)F)c1OC. The lowest BCUT2D eigenvalue weighted by Crippen LogP contribution is -2.09. The van der Waals surface area contributed by atoms with Crippen LogP contribution in [0.5, 0.6) is 11.5 Å². The van der Waals surface area contributed by atoms with Gasteiger partial charge in [0.2, 0.25) is 0 Å². The zero-order chi connectivity index (χ0) is 16.5. The molecule has 1 N–H and O–H groups in total. The first-order valence-corrected chi connectivity index (χ1v) is 5.82. The molecule has 0 aliphatic heterocycles. The quantitative estimate of drug-likeness (QED) is 0.933. The highest BCUT2D eigenvalue weighted by atomic mass is 19.4. The molecule has 0 unspecified atom stereocenters. The molecule has 0 saturated heterocycles. The van der Waals surface area contributed by atoms with Crippen LogP contribution < -0.4 is 9.47 Å². The van der Waals surface area contributed by atoms with Crippen LogP contribution in [0.2, 0.25) is 0 Å². The predicted molar refractivity (Wildman–Crippen MR) is 67.0 cm³/mol. The molecule has 118 valence electrons. The van der Waals surface area contributed by atoms with E-state index in [0.29, 0.717) is 0 Å². The summed E-state index contributed by atoms with van der Waals surface area (Å²) in [5.41, 5.74) is -1.31. The third-order valence-electron chi connectivity index (χ3n) is 2.82. The highest BCUT2D eigenvalue weighted by Crippen LogP contribution is 2.46. The first-order valence-electron chi connectivity index (χ1n) is 5.82. The molecule has 0 atom stereocenters. The van der Waals surface area contributed by atoms with E-state index in [1.165, 1.54) is 0 Å². The number of benzene rings is 1. The maximum absolute atomic E-state index is 12.9. The van der Waals surface area contributed by atoms with Gasteiger partial charge < -0.3 is 19.1 Å². The van der Waals surface area contributed by atoms with Crippen molar-refractivity contribution >= 4 is 5.97 Å². The molecule has 0 aliphatic carbocycles. The second-order valence-electron chi connectivity index (χ2n) is 4.11. The highest BCUT2D eigenvalue weighted by Gasteiger charge is 2.37. The predicted octanol–water partition coefficient (Wildman–Crippen LogP) is 3.08. The van der Waals surface area contributed by atoms with E-state index < -0.39 is 23.5 Å². The van der Waals surface area contributed by atoms with Crippen molar-refractivity contribution in [3.63, 3.8) is 0 Å². The molecule has 1 aromatic carbocycles. The lowest BCUT2D eigenvalue weighted by Gasteiger charge is -2.16. The number of ether oxygens (including phenoxy) is 2. The fraction of sp³-hybridized carbons (Fsp3) is 0.231. The van der Waals surface area contributed by atoms with Crippen molar-refractivity contribution in [3.8, 4) is 22.8 Å². The van der Waals surface area contributed by atoms with Crippen LogP contribution in [0.4, 0.5) is 13.2 Å². The number of carbonyl (C=O) groups is 1. The van der Waals surface area contributed by atoms with Crippen LogP contribution in [-0.2, 0) is 6.18 Å². The van der Waals surface area contributed by atoms with Crippen LogP contribution in [0.3, 0.4) is 0 Å². The van der Waals surface area contributed by atoms with Crippen LogP contribution >= 0.6 is 0 Å². The topological polar surface area (TPSA) is 81.8 Å². The summed E-state index contributed by atoms with van der Waals surface area (Å²) in [7, 11) is 2.23. The van der Waals surface area contributed by atoms with Crippen LogP contribution in [0.1, 0.15) is 16.1 Å². The Kier molecular flexibility index (Phi) is 3.98. The largest absolute Gasteiger partial charge is 0.492 e. The number of halogens is 3. The minimum absolute atomic E-state index is 0.0544. The van der Waals surface area contributed by atoms with E-state index in [0.717, 1.165) is 32.4 Å². The van der Waals surface area contributed by atoms with Crippen molar-refractivity contribution in [1.82, 2.24) is 5.16 Å². The number of alkyl halides is 3. The van der Waals surface area contributed by atoms with Crippen molar-refractivity contribution in [1.29, 1.82) is 0 Å². The van der Waals surface area contributed by atoms with Crippen molar-refractivity contribution in [2.75, 3.05) is 14.2 Å². The number of rotatable bonds is 4. The number of hydrogen-bond donors (Lipinski definition) is 1. The van der Waals surface area contributed by atoms with Crippen molar-refractivity contribution < 1.29 is 37.1 Å². The Labute approximate surface area is 122 Å². The summed E-state index contributed by atoms with van der Waals surface area (Å²) < 4.78 is 53.4. The number of aromatic carboxylic acids is 1. The van der Waals surface area contributed by atoms with Gasteiger partial charge in [-0.25, -0.2) is 4.79 Å². The maximum atomic E-state index is 12.9. The Morgan fingerprint density at radius 1 is 1.23 bits per heavy atom. The van der Waals surface area contributed by atoms with Crippen LogP contribution in [0.25, 0.3) is 11.3 Å². The molecule has 22 heavy (non-hydrogen) atoms. The number of carboxylic acid groups (broad SMARTS) is 1.